The van der Waals surface area contributed by atoms with E-state index < -0.39 is 0 Å². The summed E-state index contributed by atoms with van der Waals surface area (Å²) in [5.41, 5.74) is 6.98. The quantitative estimate of drug-likeness (QED) is 0.840. The molecule has 2 aromatic rings. The van der Waals surface area contributed by atoms with Crippen LogP contribution in [0.25, 0.3) is 0 Å². The Morgan fingerprint density at radius 1 is 1.18 bits per heavy atom. The molecule has 3 rings (SSSR count). The van der Waals surface area contributed by atoms with Gasteiger partial charge in [-0.05, 0) is 18.1 Å². The Hall–Kier alpha value is -2.10. The Bertz CT molecular complexity index is 512. The van der Waals surface area contributed by atoms with Gasteiger partial charge in [-0.3, -0.25) is 0 Å². The highest BCUT2D eigenvalue weighted by Crippen LogP contribution is 2.42. The highest BCUT2D eigenvalue weighted by molar-refractivity contribution is 5.40. The van der Waals surface area contributed by atoms with E-state index in [2.05, 4.69) is 39.6 Å². The second-order valence-electron chi connectivity index (χ2n) is 4.31. The van der Waals surface area contributed by atoms with Crippen LogP contribution in [-0.2, 0) is 0 Å². The van der Waals surface area contributed by atoms with Gasteiger partial charge in [0.25, 0.3) is 0 Å². The van der Waals surface area contributed by atoms with Crippen LogP contribution in [0.2, 0.25) is 0 Å². The van der Waals surface area contributed by atoms with Gasteiger partial charge in [-0.25, -0.2) is 4.98 Å². The topological polar surface area (TPSA) is 63.8 Å². The maximum atomic E-state index is 5.61. The van der Waals surface area contributed by atoms with E-state index in [-0.39, 0.29) is 0 Å². The summed E-state index contributed by atoms with van der Waals surface area (Å²) in [4.78, 5) is 8.28. The maximum absolute atomic E-state index is 5.61. The smallest absolute Gasteiger partial charge is 0.224 e. The molecular formula is C13H14N4. The fraction of sp³-hybridized carbons (Fsp3) is 0.231. The van der Waals surface area contributed by atoms with Crippen LogP contribution < -0.4 is 11.1 Å². The van der Waals surface area contributed by atoms with E-state index >= 15 is 0 Å². The number of hydrogen-bond acceptors (Lipinski definition) is 4. The summed E-state index contributed by atoms with van der Waals surface area (Å²) >= 11 is 0. The normalized spacial score (nSPS) is 22.1. The minimum atomic E-state index is 0.430. The van der Waals surface area contributed by atoms with E-state index in [9.17, 15) is 0 Å². The van der Waals surface area contributed by atoms with E-state index in [1.54, 1.807) is 12.3 Å². The number of nitrogens with zero attached hydrogens (tertiary/aromatic N) is 2. The van der Waals surface area contributed by atoms with Crippen LogP contribution in [0, 0.1) is 0 Å². The molecule has 4 heteroatoms. The van der Waals surface area contributed by atoms with Crippen molar-refractivity contribution in [2.45, 2.75) is 18.4 Å². The van der Waals surface area contributed by atoms with Crippen LogP contribution in [-0.4, -0.2) is 16.0 Å². The van der Waals surface area contributed by atoms with Crippen molar-refractivity contribution in [3.63, 3.8) is 0 Å². The van der Waals surface area contributed by atoms with Crippen molar-refractivity contribution in [2.24, 2.45) is 0 Å². The molecule has 0 aliphatic heterocycles. The lowest BCUT2D eigenvalue weighted by Gasteiger charge is -2.04. The molecule has 1 aromatic carbocycles. The van der Waals surface area contributed by atoms with Gasteiger partial charge in [-0.15, -0.1) is 0 Å². The summed E-state index contributed by atoms with van der Waals surface area (Å²) in [7, 11) is 0. The van der Waals surface area contributed by atoms with E-state index in [0.29, 0.717) is 23.7 Å². The van der Waals surface area contributed by atoms with Crippen LogP contribution in [0.3, 0.4) is 0 Å². The molecule has 86 valence electrons. The Morgan fingerprint density at radius 3 is 2.76 bits per heavy atom. The Balaban J connectivity index is 1.66. The number of hydrogen-bond donors (Lipinski definition) is 2. The van der Waals surface area contributed by atoms with Crippen molar-refractivity contribution in [3.05, 3.63) is 48.2 Å². The fourth-order valence-electron chi connectivity index (χ4n) is 2.03. The minimum absolute atomic E-state index is 0.430. The molecule has 1 aliphatic rings. The average Bonchev–Trinajstić information content (AvgIpc) is 3.10. The third-order valence-electron chi connectivity index (χ3n) is 3.01. The number of nitrogens with two attached hydrogens (primary N) is 1. The molecule has 1 aromatic heterocycles. The largest absolute Gasteiger partial charge is 0.384 e. The summed E-state index contributed by atoms with van der Waals surface area (Å²) in [6.45, 7) is 0. The van der Waals surface area contributed by atoms with Crippen molar-refractivity contribution in [1.82, 2.24) is 9.97 Å². The highest BCUT2D eigenvalue weighted by Gasteiger charge is 2.38. The van der Waals surface area contributed by atoms with Crippen LogP contribution in [0.5, 0.6) is 0 Å². The first-order valence-electron chi connectivity index (χ1n) is 5.73. The summed E-state index contributed by atoms with van der Waals surface area (Å²) in [6.07, 6.45) is 2.80. The first kappa shape index (κ1) is 10.1. The Kier molecular flexibility index (Phi) is 2.40. The number of benzene rings is 1. The van der Waals surface area contributed by atoms with Gasteiger partial charge >= 0.3 is 0 Å². The minimum Gasteiger partial charge on any atom is -0.384 e. The van der Waals surface area contributed by atoms with Gasteiger partial charge in [-0.1, -0.05) is 30.3 Å². The molecule has 0 spiro atoms. The van der Waals surface area contributed by atoms with Gasteiger partial charge in [0.1, 0.15) is 5.82 Å². The van der Waals surface area contributed by atoms with Crippen molar-refractivity contribution in [3.8, 4) is 0 Å². The van der Waals surface area contributed by atoms with Crippen LogP contribution in [0.1, 0.15) is 17.9 Å². The third kappa shape index (κ3) is 2.20. The van der Waals surface area contributed by atoms with Crippen LogP contribution >= 0.6 is 0 Å². The van der Waals surface area contributed by atoms with Gasteiger partial charge in [0.05, 0.1) is 0 Å². The number of anilines is 2. The molecule has 0 radical (unpaired) electrons. The molecule has 0 amide bonds. The zero-order valence-electron chi connectivity index (χ0n) is 9.38. The zero-order chi connectivity index (χ0) is 11.7. The lowest BCUT2D eigenvalue weighted by molar-refractivity contribution is 1.00. The van der Waals surface area contributed by atoms with Gasteiger partial charge in [0.2, 0.25) is 5.95 Å². The molecule has 2 unspecified atom stereocenters. The maximum Gasteiger partial charge on any atom is 0.224 e. The number of nitrogen functional groups attached to an aromatic ring is 1. The third-order valence-corrected chi connectivity index (χ3v) is 3.01. The van der Waals surface area contributed by atoms with Gasteiger partial charge in [0.15, 0.2) is 0 Å². The van der Waals surface area contributed by atoms with Crippen LogP contribution in [0.4, 0.5) is 11.8 Å². The number of nitrogens with one attached hydrogen (secondary N) is 1. The molecule has 17 heavy (non-hydrogen) atoms. The first-order valence-corrected chi connectivity index (χ1v) is 5.73. The predicted molar refractivity (Wildman–Crippen MR) is 67.7 cm³/mol. The van der Waals surface area contributed by atoms with Gasteiger partial charge < -0.3 is 11.1 Å². The lowest BCUT2D eigenvalue weighted by atomic mass is 10.1. The average molecular weight is 226 g/mol. The van der Waals surface area contributed by atoms with Crippen molar-refractivity contribution < 1.29 is 0 Å². The molecule has 4 nitrogen and oxygen atoms in total. The Labute approximate surface area is 99.9 Å². The van der Waals surface area contributed by atoms with Crippen molar-refractivity contribution >= 4 is 11.8 Å². The highest BCUT2D eigenvalue weighted by atomic mass is 15.1. The predicted octanol–water partition coefficient (Wildman–Crippen LogP) is 2.03. The second kappa shape index (κ2) is 4.05. The van der Waals surface area contributed by atoms with E-state index in [4.69, 9.17) is 5.73 Å². The van der Waals surface area contributed by atoms with E-state index in [1.807, 2.05) is 6.07 Å². The molecule has 1 fully saturated rings. The van der Waals surface area contributed by atoms with E-state index in [1.165, 1.54) is 5.56 Å². The standard InChI is InChI=1S/C13H14N4/c14-12-6-7-15-13(17-12)16-11-8-10(11)9-4-2-1-3-5-9/h1-7,10-11H,8H2,(H3,14,15,16,17). The number of aromatic nitrogens is 2. The van der Waals surface area contributed by atoms with Crippen molar-refractivity contribution in [1.29, 1.82) is 0 Å². The molecule has 1 heterocycles. The SMILES string of the molecule is Nc1ccnc(NC2CC2c2ccccc2)n1. The Morgan fingerprint density at radius 2 is 2.00 bits per heavy atom. The molecule has 0 bridgehead atoms. The molecule has 1 saturated carbocycles. The van der Waals surface area contributed by atoms with Gasteiger partial charge in [0, 0.05) is 18.2 Å². The first-order chi connectivity index (χ1) is 8.33. The zero-order valence-corrected chi connectivity index (χ0v) is 9.38. The second-order valence-corrected chi connectivity index (χ2v) is 4.31. The molecular weight excluding hydrogens is 212 g/mol. The summed E-state index contributed by atoms with van der Waals surface area (Å²) in [6, 6.07) is 12.6. The summed E-state index contributed by atoms with van der Waals surface area (Å²) < 4.78 is 0. The fourth-order valence-corrected chi connectivity index (χ4v) is 2.03. The molecule has 1 aliphatic carbocycles. The summed E-state index contributed by atoms with van der Waals surface area (Å²) in [5.74, 6) is 1.69. The number of rotatable bonds is 3. The van der Waals surface area contributed by atoms with Crippen LogP contribution in [0.15, 0.2) is 42.6 Å². The van der Waals surface area contributed by atoms with Gasteiger partial charge in [-0.2, -0.15) is 4.98 Å². The molecule has 2 atom stereocenters. The van der Waals surface area contributed by atoms with E-state index in [0.717, 1.165) is 6.42 Å². The monoisotopic (exact) mass is 226 g/mol. The molecule has 3 N–H and O–H groups in total. The lowest BCUT2D eigenvalue weighted by Crippen LogP contribution is -2.08. The summed E-state index contributed by atoms with van der Waals surface area (Å²) in [5, 5.41) is 3.30. The molecule has 0 saturated heterocycles. The van der Waals surface area contributed by atoms with Crippen molar-refractivity contribution in [2.75, 3.05) is 11.1 Å².